The van der Waals surface area contributed by atoms with Crippen LogP contribution in [0.1, 0.15) is 5.56 Å². The van der Waals surface area contributed by atoms with E-state index in [1.807, 2.05) is 0 Å². The fraction of sp³-hybridized carbons (Fsp3) is 0. The molecule has 1 aromatic carbocycles. The van der Waals surface area contributed by atoms with Crippen LogP contribution in [0.25, 0.3) is 0 Å². The van der Waals surface area contributed by atoms with Crippen LogP contribution in [-0.2, 0) is 0 Å². The van der Waals surface area contributed by atoms with Crippen molar-refractivity contribution >= 4 is 17.2 Å². The topological polar surface area (TPSA) is 61.0 Å². The highest BCUT2D eigenvalue weighted by atomic mass is 32.1. The molecule has 0 amide bonds. The molecule has 4 nitrogen and oxygen atoms in total. The molecule has 0 aliphatic carbocycles. The van der Waals surface area contributed by atoms with Crippen LogP contribution in [0.3, 0.4) is 0 Å². The molecule has 0 saturated carbocycles. The first-order valence-corrected chi connectivity index (χ1v) is 5.23. The summed E-state index contributed by atoms with van der Waals surface area (Å²) in [6.07, 6.45) is 1.40. The van der Waals surface area contributed by atoms with E-state index >= 15 is 0 Å². The van der Waals surface area contributed by atoms with Crippen molar-refractivity contribution < 1.29 is 13.5 Å². The first kappa shape index (κ1) is 12.3. The number of nitrogens with zero attached hydrogens (tertiary/aromatic N) is 2. The Hall–Kier alpha value is -2.15. The summed E-state index contributed by atoms with van der Waals surface area (Å²) in [6, 6.07) is 4.62. The van der Waals surface area contributed by atoms with Crippen molar-refractivity contribution in [1.82, 2.24) is 10.2 Å². The molecule has 0 atom stereocenters. The summed E-state index contributed by atoms with van der Waals surface area (Å²) in [4.78, 5) is 0.0717. The molecule has 0 fully saturated rings. The zero-order chi connectivity index (χ0) is 13.1. The third-order valence-electron chi connectivity index (χ3n) is 2.06. The fourth-order valence-electron chi connectivity index (χ4n) is 1.23. The molecular weight excluding hydrogens is 260 g/mol. The molecule has 0 aliphatic heterocycles. The number of thiocarbonyl (C=S) groups is 1. The van der Waals surface area contributed by atoms with Gasteiger partial charge in [0.25, 0.3) is 0 Å². The van der Waals surface area contributed by atoms with Gasteiger partial charge in [-0.1, -0.05) is 12.2 Å². The SMILES string of the molecule is NC(=S)c1ccnnc1Oc1ccc(F)c(F)c1. The van der Waals surface area contributed by atoms with E-state index in [-0.39, 0.29) is 16.6 Å². The minimum absolute atomic E-state index is 0.0380. The van der Waals surface area contributed by atoms with E-state index in [0.717, 1.165) is 12.1 Å². The average molecular weight is 267 g/mol. The molecule has 0 saturated heterocycles. The summed E-state index contributed by atoms with van der Waals surface area (Å²) in [5, 5.41) is 7.30. The molecule has 92 valence electrons. The highest BCUT2D eigenvalue weighted by Gasteiger charge is 2.10. The van der Waals surface area contributed by atoms with Gasteiger partial charge in [0.05, 0.1) is 11.8 Å². The van der Waals surface area contributed by atoms with Gasteiger partial charge in [0, 0.05) is 6.07 Å². The van der Waals surface area contributed by atoms with Crippen molar-refractivity contribution in [3.63, 3.8) is 0 Å². The Balaban J connectivity index is 2.34. The molecule has 0 radical (unpaired) electrons. The van der Waals surface area contributed by atoms with Gasteiger partial charge >= 0.3 is 0 Å². The van der Waals surface area contributed by atoms with Gasteiger partial charge in [-0.2, -0.15) is 5.10 Å². The average Bonchev–Trinajstić information content (AvgIpc) is 2.34. The van der Waals surface area contributed by atoms with Crippen LogP contribution in [0.4, 0.5) is 8.78 Å². The van der Waals surface area contributed by atoms with E-state index in [1.54, 1.807) is 0 Å². The van der Waals surface area contributed by atoms with Crippen molar-refractivity contribution in [2.75, 3.05) is 0 Å². The summed E-state index contributed by atoms with van der Waals surface area (Å²) >= 11 is 4.81. The maximum absolute atomic E-state index is 13.0. The predicted octanol–water partition coefficient (Wildman–Crippen LogP) is 2.18. The monoisotopic (exact) mass is 267 g/mol. The van der Waals surface area contributed by atoms with E-state index in [0.29, 0.717) is 5.56 Å². The minimum atomic E-state index is -1.02. The van der Waals surface area contributed by atoms with Gasteiger partial charge in [0.2, 0.25) is 5.88 Å². The number of hydrogen-bond acceptors (Lipinski definition) is 4. The Morgan fingerprint density at radius 3 is 2.67 bits per heavy atom. The highest BCUT2D eigenvalue weighted by molar-refractivity contribution is 7.80. The third kappa shape index (κ3) is 2.57. The van der Waals surface area contributed by atoms with Crippen LogP contribution in [0, 0.1) is 11.6 Å². The zero-order valence-electron chi connectivity index (χ0n) is 8.93. The molecule has 0 spiro atoms. The number of aromatic nitrogens is 2. The smallest absolute Gasteiger partial charge is 0.249 e. The van der Waals surface area contributed by atoms with Crippen molar-refractivity contribution in [3.05, 3.63) is 47.7 Å². The molecule has 0 aliphatic rings. The first-order chi connectivity index (χ1) is 8.58. The van der Waals surface area contributed by atoms with Crippen LogP contribution >= 0.6 is 12.2 Å². The first-order valence-electron chi connectivity index (χ1n) is 4.82. The van der Waals surface area contributed by atoms with Crippen molar-refractivity contribution in [1.29, 1.82) is 0 Å². The summed E-state index contributed by atoms with van der Waals surface area (Å²) in [7, 11) is 0. The Morgan fingerprint density at radius 2 is 2.00 bits per heavy atom. The Bertz CT molecular complexity index is 607. The molecule has 0 unspecified atom stereocenters. The second-order valence-corrected chi connectivity index (χ2v) is 3.73. The summed E-state index contributed by atoms with van der Waals surface area (Å²) < 4.78 is 31.0. The Kier molecular flexibility index (Phi) is 3.42. The van der Waals surface area contributed by atoms with Crippen LogP contribution < -0.4 is 10.5 Å². The normalized spacial score (nSPS) is 10.1. The minimum Gasteiger partial charge on any atom is -0.437 e. The highest BCUT2D eigenvalue weighted by Crippen LogP contribution is 2.23. The second-order valence-electron chi connectivity index (χ2n) is 3.29. The van der Waals surface area contributed by atoms with Crippen LogP contribution in [0.15, 0.2) is 30.5 Å². The van der Waals surface area contributed by atoms with E-state index < -0.39 is 11.6 Å². The predicted molar refractivity (Wildman–Crippen MR) is 64.4 cm³/mol. The molecular formula is C11H7F2N3OS. The van der Waals surface area contributed by atoms with Gasteiger partial charge in [-0.3, -0.25) is 0 Å². The lowest BCUT2D eigenvalue weighted by atomic mass is 10.3. The van der Waals surface area contributed by atoms with Gasteiger partial charge in [0.1, 0.15) is 10.7 Å². The maximum atomic E-state index is 13.0. The number of rotatable bonds is 3. The van der Waals surface area contributed by atoms with Crippen molar-refractivity contribution in [2.45, 2.75) is 0 Å². The number of benzene rings is 1. The quantitative estimate of drug-likeness (QED) is 0.864. The van der Waals surface area contributed by atoms with Crippen molar-refractivity contribution in [2.24, 2.45) is 5.73 Å². The fourth-order valence-corrected chi connectivity index (χ4v) is 1.39. The largest absolute Gasteiger partial charge is 0.437 e. The van der Waals surface area contributed by atoms with E-state index in [4.69, 9.17) is 22.7 Å². The zero-order valence-corrected chi connectivity index (χ0v) is 9.75. The summed E-state index contributed by atoms with van der Waals surface area (Å²) in [5.74, 6) is -1.87. The summed E-state index contributed by atoms with van der Waals surface area (Å²) in [6.45, 7) is 0. The number of halogens is 2. The lowest BCUT2D eigenvalue weighted by Gasteiger charge is -2.07. The molecule has 1 aromatic heterocycles. The van der Waals surface area contributed by atoms with Gasteiger partial charge in [0.15, 0.2) is 11.6 Å². The molecule has 0 bridgehead atoms. The van der Waals surface area contributed by atoms with Gasteiger partial charge in [-0.15, -0.1) is 5.10 Å². The number of hydrogen-bond donors (Lipinski definition) is 1. The van der Waals surface area contributed by atoms with E-state index in [1.165, 1.54) is 18.3 Å². The van der Waals surface area contributed by atoms with Gasteiger partial charge < -0.3 is 10.5 Å². The molecule has 7 heteroatoms. The summed E-state index contributed by atoms with van der Waals surface area (Å²) in [5.41, 5.74) is 5.84. The maximum Gasteiger partial charge on any atom is 0.249 e. The van der Waals surface area contributed by atoms with Crippen LogP contribution in [-0.4, -0.2) is 15.2 Å². The van der Waals surface area contributed by atoms with Gasteiger partial charge in [-0.05, 0) is 18.2 Å². The Labute approximate surface area is 106 Å². The third-order valence-corrected chi connectivity index (χ3v) is 2.28. The number of ether oxygens (including phenoxy) is 1. The number of nitrogens with two attached hydrogens (primary N) is 1. The molecule has 2 N–H and O–H groups in total. The molecule has 18 heavy (non-hydrogen) atoms. The van der Waals surface area contributed by atoms with E-state index in [9.17, 15) is 8.78 Å². The lowest BCUT2D eigenvalue weighted by Crippen LogP contribution is -2.12. The molecule has 1 heterocycles. The standard InChI is InChI=1S/C11H7F2N3OS/c12-8-2-1-6(5-9(8)13)17-11-7(10(14)18)3-4-15-16-11/h1-5H,(H2,14,18). The molecule has 2 aromatic rings. The lowest BCUT2D eigenvalue weighted by molar-refractivity contribution is 0.441. The van der Waals surface area contributed by atoms with Crippen LogP contribution in [0.2, 0.25) is 0 Å². The Morgan fingerprint density at radius 1 is 1.22 bits per heavy atom. The molecule has 2 rings (SSSR count). The van der Waals surface area contributed by atoms with Crippen molar-refractivity contribution in [3.8, 4) is 11.6 Å². The van der Waals surface area contributed by atoms with Crippen LogP contribution in [0.5, 0.6) is 11.6 Å². The van der Waals surface area contributed by atoms with Gasteiger partial charge in [-0.25, -0.2) is 8.78 Å². The second kappa shape index (κ2) is 5.01. The van der Waals surface area contributed by atoms with E-state index in [2.05, 4.69) is 10.2 Å².